The summed E-state index contributed by atoms with van der Waals surface area (Å²) in [6.45, 7) is 10.2. The van der Waals surface area contributed by atoms with E-state index >= 15 is 0 Å². The van der Waals surface area contributed by atoms with Gasteiger partial charge in [-0.25, -0.2) is 4.98 Å². The highest BCUT2D eigenvalue weighted by Gasteiger charge is 2.21. The van der Waals surface area contributed by atoms with E-state index in [1.165, 1.54) is 48.0 Å². The second-order valence-corrected chi connectivity index (χ2v) is 8.28. The van der Waals surface area contributed by atoms with Crippen molar-refractivity contribution in [2.24, 2.45) is 0 Å². The molecule has 4 nitrogen and oxygen atoms in total. The minimum atomic E-state index is -0.739. The van der Waals surface area contributed by atoms with Gasteiger partial charge in [-0.15, -0.1) is 24.8 Å². The van der Waals surface area contributed by atoms with Crippen LogP contribution in [-0.4, -0.2) is 42.1 Å². The van der Waals surface area contributed by atoms with Crippen LogP contribution in [0.15, 0.2) is 12.1 Å². The van der Waals surface area contributed by atoms with Gasteiger partial charge < -0.3 is 15.0 Å². The first-order chi connectivity index (χ1) is 13.4. The zero-order valence-corrected chi connectivity index (χ0v) is 19.5. The Balaban J connectivity index is 0.00000160. The monoisotopic (exact) mass is 440 g/mol. The summed E-state index contributed by atoms with van der Waals surface area (Å²) in [7, 11) is 0. The third kappa shape index (κ3) is 5.48. The molecule has 1 aromatic heterocycles. The second-order valence-electron chi connectivity index (χ2n) is 8.28. The van der Waals surface area contributed by atoms with Gasteiger partial charge in [0, 0.05) is 24.0 Å². The number of benzene rings is 1. The number of rotatable bonds is 7. The van der Waals surface area contributed by atoms with Crippen molar-refractivity contribution < 1.29 is 6.11 Å². The Hall–Kier alpha value is -1.23. The summed E-state index contributed by atoms with van der Waals surface area (Å²) in [4.78, 5) is 7.44. The quantitative estimate of drug-likeness (QED) is 0.571. The highest BCUT2D eigenvalue weighted by Crippen LogP contribution is 2.36. The van der Waals surface area contributed by atoms with Crippen LogP contribution >= 0.6 is 24.8 Å². The molecule has 2 aromatic rings. The summed E-state index contributed by atoms with van der Waals surface area (Å²) in [6.07, 6.45) is 7.05. The molecular formula is C23H35Cl2N3O. The summed E-state index contributed by atoms with van der Waals surface area (Å²) in [5.74, 6) is 1.82. The fraction of sp³-hybridized carbons (Fsp3) is 0.609. The molecule has 1 fully saturated rings. The van der Waals surface area contributed by atoms with Crippen molar-refractivity contribution in [2.45, 2.75) is 65.3 Å². The number of anilines is 1. The van der Waals surface area contributed by atoms with E-state index in [4.69, 9.17) is 11.1 Å². The van der Waals surface area contributed by atoms with Crippen LogP contribution in [0.4, 0.5) is 5.82 Å². The normalized spacial score (nSPS) is 16.7. The zero-order chi connectivity index (χ0) is 19.7. The van der Waals surface area contributed by atoms with Crippen molar-refractivity contribution in [1.82, 2.24) is 9.88 Å². The van der Waals surface area contributed by atoms with Crippen LogP contribution in [0.3, 0.4) is 0 Å². The lowest BCUT2D eigenvalue weighted by molar-refractivity contribution is 0.262. The summed E-state index contributed by atoms with van der Waals surface area (Å²) in [5, 5.41) is 4.55. The molecule has 4 rings (SSSR count). The van der Waals surface area contributed by atoms with E-state index < -0.39 is 6.02 Å². The van der Waals surface area contributed by atoms with Crippen molar-refractivity contribution in [3.05, 3.63) is 28.8 Å². The minimum absolute atomic E-state index is 0. The zero-order valence-electron chi connectivity index (χ0n) is 18.8. The first-order valence-electron chi connectivity index (χ1n) is 11.0. The topological polar surface area (TPSA) is 37.4 Å². The SMILES string of the molecule is Cl.Cl.[2H]C(C)(C)Nc1nc2cc(OCCCN3CCCC3)c(C)cc2c2c1CCC2. The standard InChI is InChI=1S/C23H33N3O.2ClH/c1-16(2)24-23-19-9-6-8-18(19)20-14-17(3)22(15-21(20)25-23)27-13-7-12-26-10-4-5-11-26;;/h14-16H,4-13H2,1-3H3,(H,24,25);2*1H/i16D;;. The average molecular weight is 441 g/mol. The molecule has 0 amide bonds. The van der Waals surface area contributed by atoms with Crippen LogP contribution in [0.5, 0.6) is 5.75 Å². The molecule has 1 N–H and O–H groups in total. The van der Waals surface area contributed by atoms with Gasteiger partial charge in [-0.05, 0) is 95.1 Å². The Morgan fingerprint density at radius 1 is 1.14 bits per heavy atom. The summed E-state index contributed by atoms with van der Waals surface area (Å²) in [6, 6.07) is 3.61. The van der Waals surface area contributed by atoms with Crippen LogP contribution in [0.25, 0.3) is 10.9 Å². The third-order valence-corrected chi connectivity index (χ3v) is 5.80. The van der Waals surface area contributed by atoms with Crippen LogP contribution in [0.1, 0.15) is 57.6 Å². The number of likely N-dealkylation sites (tertiary alicyclic amines) is 1. The Kier molecular flexibility index (Phi) is 8.28. The van der Waals surface area contributed by atoms with Crippen molar-refractivity contribution in [2.75, 3.05) is 31.6 Å². The number of hydrogen-bond donors (Lipinski definition) is 1. The van der Waals surface area contributed by atoms with Crippen LogP contribution in [-0.2, 0) is 12.8 Å². The number of ether oxygens (including phenoxy) is 1. The minimum Gasteiger partial charge on any atom is -0.493 e. The number of halogens is 2. The second kappa shape index (κ2) is 10.7. The van der Waals surface area contributed by atoms with E-state index in [0.29, 0.717) is 0 Å². The molecule has 0 radical (unpaired) electrons. The van der Waals surface area contributed by atoms with Gasteiger partial charge in [0.05, 0.1) is 13.5 Å². The van der Waals surface area contributed by atoms with Gasteiger partial charge in [0.15, 0.2) is 0 Å². The Morgan fingerprint density at radius 2 is 1.86 bits per heavy atom. The Bertz CT molecular complexity index is 864. The summed E-state index contributed by atoms with van der Waals surface area (Å²) < 4.78 is 14.4. The molecule has 1 aromatic carbocycles. The molecule has 0 unspecified atom stereocenters. The molecule has 1 aliphatic carbocycles. The number of aromatic nitrogens is 1. The van der Waals surface area contributed by atoms with E-state index in [0.717, 1.165) is 55.9 Å². The van der Waals surface area contributed by atoms with Crippen molar-refractivity contribution >= 4 is 41.5 Å². The lowest BCUT2D eigenvalue weighted by Gasteiger charge is -2.18. The van der Waals surface area contributed by atoms with Gasteiger partial charge >= 0.3 is 0 Å². The van der Waals surface area contributed by atoms with E-state index in [-0.39, 0.29) is 24.8 Å². The van der Waals surface area contributed by atoms with E-state index in [9.17, 15) is 0 Å². The molecule has 2 heterocycles. The number of pyridine rings is 1. The first kappa shape index (κ1) is 22.5. The number of nitrogens with one attached hydrogen (secondary N) is 1. The van der Waals surface area contributed by atoms with Gasteiger partial charge in [-0.1, -0.05) is 0 Å². The van der Waals surface area contributed by atoms with Gasteiger partial charge in [-0.3, -0.25) is 0 Å². The van der Waals surface area contributed by atoms with Gasteiger partial charge in [0.1, 0.15) is 11.6 Å². The summed E-state index contributed by atoms with van der Waals surface area (Å²) >= 11 is 0. The maximum Gasteiger partial charge on any atom is 0.130 e. The number of aryl methyl sites for hydroxylation is 2. The molecule has 0 bridgehead atoms. The lowest BCUT2D eigenvalue weighted by atomic mass is 10.0. The van der Waals surface area contributed by atoms with Crippen molar-refractivity contribution in [3.8, 4) is 5.75 Å². The molecule has 0 atom stereocenters. The largest absolute Gasteiger partial charge is 0.493 e. The van der Waals surface area contributed by atoms with E-state index in [2.05, 4.69) is 29.3 Å². The number of hydrogen-bond acceptors (Lipinski definition) is 4. The van der Waals surface area contributed by atoms with Gasteiger partial charge in [0.25, 0.3) is 0 Å². The molecule has 2 aliphatic rings. The van der Waals surface area contributed by atoms with Crippen LogP contribution in [0, 0.1) is 6.92 Å². The smallest absolute Gasteiger partial charge is 0.130 e. The first-order valence-corrected chi connectivity index (χ1v) is 10.5. The Morgan fingerprint density at radius 3 is 2.59 bits per heavy atom. The average Bonchev–Trinajstić information content (AvgIpc) is 3.30. The number of fused-ring (bicyclic) bond motifs is 3. The van der Waals surface area contributed by atoms with Crippen LogP contribution < -0.4 is 10.1 Å². The van der Waals surface area contributed by atoms with Crippen molar-refractivity contribution in [1.29, 1.82) is 0 Å². The summed E-state index contributed by atoms with van der Waals surface area (Å²) in [5.41, 5.74) is 4.87. The molecule has 1 saturated heterocycles. The van der Waals surface area contributed by atoms with Gasteiger partial charge in [-0.2, -0.15) is 0 Å². The van der Waals surface area contributed by atoms with Gasteiger partial charge in [0.2, 0.25) is 0 Å². The fourth-order valence-electron chi connectivity index (χ4n) is 4.47. The maximum atomic E-state index is 8.22. The predicted molar refractivity (Wildman–Crippen MR) is 128 cm³/mol. The third-order valence-electron chi connectivity index (χ3n) is 5.80. The molecule has 0 saturated carbocycles. The molecule has 6 heteroatoms. The predicted octanol–water partition coefficient (Wildman–Crippen LogP) is 5.56. The molecular weight excluding hydrogens is 405 g/mol. The van der Waals surface area contributed by atoms with E-state index in [1.54, 1.807) is 0 Å². The lowest BCUT2D eigenvalue weighted by Crippen LogP contribution is -2.22. The highest BCUT2D eigenvalue weighted by atomic mass is 35.5. The van der Waals surface area contributed by atoms with Crippen molar-refractivity contribution in [3.63, 3.8) is 0 Å². The highest BCUT2D eigenvalue weighted by molar-refractivity contribution is 5.88. The van der Waals surface area contributed by atoms with E-state index in [1.807, 2.05) is 13.8 Å². The molecule has 1 aliphatic heterocycles. The molecule has 162 valence electrons. The Labute approximate surface area is 189 Å². The maximum absolute atomic E-state index is 8.22. The fourth-order valence-corrected chi connectivity index (χ4v) is 4.47. The van der Waals surface area contributed by atoms with Crippen LogP contribution in [0.2, 0.25) is 0 Å². The molecule has 0 spiro atoms. The molecule has 29 heavy (non-hydrogen) atoms. The number of nitrogens with zero attached hydrogens (tertiary/aromatic N) is 2.